The minimum Gasteiger partial charge on any atom is -0.494 e. The lowest BCUT2D eigenvalue weighted by Crippen LogP contribution is -2.27. The van der Waals surface area contributed by atoms with Crippen molar-refractivity contribution in [3.8, 4) is 5.75 Å². The average Bonchev–Trinajstić information content (AvgIpc) is 2.27. The summed E-state index contributed by atoms with van der Waals surface area (Å²) >= 11 is 0. The van der Waals surface area contributed by atoms with Gasteiger partial charge in [-0.25, -0.2) is 0 Å². The lowest BCUT2D eigenvalue weighted by Gasteiger charge is -2.12. The molecule has 15 heavy (non-hydrogen) atoms. The van der Waals surface area contributed by atoms with E-state index in [1.165, 1.54) is 0 Å². The molecule has 0 aliphatic carbocycles. The van der Waals surface area contributed by atoms with Gasteiger partial charge >= 0.3 is 0 Å². The third-order valence-corrected chi connectivity index (χ3v) is 2.24. The molecule has 0 bridgehead atoms. The zero-order valence-electron chi connectivity index (χ0n) is 9.49. The molecule has 0 heterocycles. The van der Waals surface area contributed by atoms with E-state index in [-0.39, 0.29) is 6.04 Å². The Bertz CT molecular complexity index is 289. The van der Waals surface area contributed by atoms with Gasteiger partial charge in [0.2, 0.25) is 0 Å². The second kappa shape index (κ2) is 6.30. The van der Waals surface area contributed by atoms with Crippen molar-refractivity contribution in [1.82, 2.24) is 0 Å². The van der Waals surface area contributed by atoms with Gasteiger partial charge in [-0.05, 0) is 25.5 Å². The maximum Gasteiger partial charge on any atom is 0.121 e. The molecule has 84 valence electrons. The molecule has 3 heteroatoms. The number of benzene rings is 1. The Kier molecular flexibility index (Phi) is 4.98. The fraction of sp³-hybridized carbons (Fsp3) is 0.500. The molecular formula is C12H20N2O. The van der Waals surface area contributed by atoms with Crippen LogP contribution in [0.4, 0.5) is 5.69 Å². The van der Waals surface area contributed by atoms with E-state index in [0.29, 0.717) is 6.61 Å². The van der Waals surface area contributed by atoms with Crippen molar-refractivity contribution in [3.05, 3.63) is 24.3 Å². The van der Waals surface area contributed by atoms with Crippen LogP contribution in [0.3, 0.4) is 0 Å². The van der Waals surface area contributed by atoms with E-state index in [4.69, 9.17) is 10.5 Å². The van der Waals surface area contributed by atoms with Gasteiger partial charge in [0.05, 0.1) is 6.61 Å². The number of nitrogens with one attached hydrogen (secondary N) is 1. The summed E-state index contributed by atoms with van der Waals surface area (Å²) in [6, 6.07) is 8.15. The number of rotatable bonds is 6. The van der Waals surface area contributed by atoms with E-state index in [2.05, 4.69) is 12.2 Å². The van der Waals surface area contributed by atoms with Crippen LogP contribution in [0, 0.1) is 0 Å². The molecule has 0 aromatic heterocycles. The Hall–Kier alpha value is -1.22. The van der Waals surface area contributed by atoms with Gasteiger partial charge in [0.1, 0.15) is 5.75 Å². The molecule has 0 fully saturated rings. The van der Waals surface area contributed by atoms with E-state index in [1.54, 1.807) is 0 Å². The number of hydrogen-bond donors (Lipinski definition) is 2. The first kappa shape index (κ1) is 11.9. The molecule has 0 spiro atoms. The first-order valence-corrected chi connectivity index (χ1v) is 5.48. The Morgan fingerprint density at radius 2 is 2.20 bits per heavy atom. The van der Waals surface area contributed by atoms with Gasteiger partial charge in [-0.2, -0.15) is 0 Å². The van der Waals surface area contributed by atoms with Gasteiger partial charge in [-0.1, -0.05) is 13.0 Å². The van der Waals surface area contributed by atoms with Crippen LogP contribution in [-0.2, 0) is 0 Å². The summed E-state index contributed by atoms with van der Waals surface area (Å²) < 4.78 is 5.41. The Morgan fingerprint density at radius 1 is 1.40 bits per heavy atom. The third-order valence-electron chi connectivity index (χ3n) is 2.24. The highest BCUT2D eigenvalue weighted by molar-refractivity contribution is 5.48. The third kappa shape index (κ3) is 4.21. The highest BCUT2D eigenvalue weighted by Gasteiger charge is 1.99. The van der Waals surface area contributed by atoms with Crippen LogP contribution >= 0.6 is 0 Å². The van der Waals surface area contributed by atoms with Crippen LogP contribution in [0.1, 0.15) is 20.3 Å². The SMILES string of the molecule is CCOc1cccc(NCC(N)CC)c1. The summed E-state index contributed by atoms with van der Waals surface area (Å²) in [6.45, 7) is 5.56. The molecule has 0 amide bonds. The second-order valence-corrected chi connectivity index (χ2v) is 3.51. The molecule has 1 atom stereocenters. The normalized spacial score (nSPS) is 12.2. The maximum atomic E-state index is 5.82. The molecular weight excluding hydrogens is 188 g/mol. The fourth-order valence-electron chi connectivity index (χ4n) is 1.26. The number of hydrogen-bond acceptors (Lipinski definition) is 3. The molecule has 0 radical (unpaired) electrons. The molecule has 0 saturated carbocycles. The van der Waals surface area contributed by atoms with Crippen molar-refractivity contribution in [2.24, 2.45) is 5.73 Å². The van der Waals surface area contributed by atoms with E-state index in [1.807, 2.05) is 31.2 Å². The van der Waals surface area contributed by atoms with Crippen LogP contribution in [0.5, 0.6) is 5.75 Å². The number of anilines is 1. The minimum atomic E-state index is 0.209. The fourth-order valence-corrected chi connectivity index (χ4v) is 1.26. The first-order chi connectivity index (χ1) is 7.26. The summed E-state index contributed by atoms with van der Waals surface area (Å²) in [5.41, 5.74) is 6.88. The van der Waals surface area contributed by atoms with Gasteiger partial charge in [0.25, 0.3) is 0 Å². The lowest BCUT2D eigenvalue weighted by atomic mass is 10.2. The predicted molar refractivity (Wildman–Crippen MR) is 64.4 cm³/mol. The zero-order valence-corrected chi connectivity index (χ0v) is 9.49. The zero-order chi connectivity index (χ0) is 11.1. The van der Waals surface area contributed by atoms with Crippen LogP contribution in [-0.4, -0.2) is 19.2 Å². The monoisotopic (exact) mass is 208 g/mol. The van der Waals surface area contributed by atoms with Crippen LogP contribution < -0.4 is 15.8 Å². The molecule has 1 unspecified atom stereocenters. The quantitative estimate of drug-likeness (QED) is 0.753. The standard InChI is InChI=1S/C12H20N2O/c1-3-10(13)9-14-11-6-5-7-12(8-11)15-4-2/h5-8,10,14H,3-4,9,13H2,1-2H3. The number of ether oxygens (including phenoxy) is 1. The van der Waals surface area contributed by atoms with Crippen molar-refractivity contribution < 1.29 is 4.74 Å². The Morgan fingerprint density at radius 3 is 2.87 bits per heavy atom. The summed E-state index contributed by atoms with van der Waals surface area (Å²) in [5.74, 6) is 0.896. The van der Waals surface area contributed by atoms with Gasteiger partial charge < -0.3 is 15.8 Å². The minimum absolute atomic E-state index is 0.209. The van der Waals surface area contributed by atoms with E-state index >= 15 is 0 Å². The average molecular weight is 208 g/mol. The maximum absolute atomic E-state index is 5.82. The molecule has 1 aromatic rings. The van der Waals surface area contributed by atoms with Crippen molar-refractivity contribution in [1.29, 1.82) is 0 Å². The lowest BCUT2D eigenvalue weighted by molar-refractivity contribution is 0.340. The molecule has 0 saturated heterocycles. The van der Waals surface area contributed by atoms with Gasteiger partial charge in [0.15, 0.2) is 0 Å². The summed E-state index contributed by atoms with van der Waals surface area (Å²) in [4.78, 5) is 0. The summed E-state index contributed by atoms with van der Waals surface area (Å²) in [6.07, 6.45) is 0.984. The van der Waals surface area contributed by atoms with E-state index < -0.39 is 0 Å². The van der Waals surface area contributed by atoms with Crippen LogP contribution in [0.25, 0.3) is 0 Å². The number of nitrogens with two attached hydrogens (primary N) is 1. The Balaban J connectivity index is 2.50. The van der Waals surface area contributed by atoms with Gasteiger partial charge in [-0.3, -0.25) is 0 Å². The highest BCUT2D eigenvalue weighted by atomic mass is 16.5. The molecule has 3 nitrogen and oxygen atoms in total. The van der Waals surface area contributed by atoms with E-state index in [0.717, 1.165) is 24.4 Å². The second-order valence-electron chi connectivity index (χ2n) is 3.51. The van der Waals surface area contributed by atoms with Crippen LogP contribution in [0.2, 0.25) is 0 Å². The highest BCUT2D eigenvalue weighted by Crippen LogP contribution is 2.17. The molecule has 0 aliphatic heterocycles. The van der Waals surface area contributed by atoms with Crippen molar-refractivity contribution in [3.63, 3.8) is 0 Å². The molecule has 1 rings (SSSR count). The van der Waals surface area contributed by atoms with Crippen LogP contribution in [0.15, 0.2) is 24.3 Å². The van der Waals surface area contributed by atoms with Gasteiger partial charge in [-0.15, -0.1) is 0 Å². The smallest absolute Gasteiger partial charge is 0.121 e. The Labute approximate surface area is 91.6 Å². The van der Waals surface area contributed by atoms with Crippen molar-refractivity contribution in [2.45, 2.75) is 26.3 Å². The van der Waals surface area contributed by atoms with Crippen molar-refractivity contribution >= 4 is 5.69 Å². The van der Waals surface area contributed by atoms with E-state index in [9.17, 15) is 0 Å². The topological polar surface area (TPSA) is 47.3 Å². The first-order valence-electron chi connectivity index (χ1n) is 5.48. The van der Waals surface area contributed by atoms with Crippen molar-refractivity contribution in [2.75, 3.05) is 18.5 Å². The molecule has 3 N–H and O–H groups in total. The largest absolute Gasteiger partial charge is 0.494 e. The predicted octanol–water partition coefficient (Wildman–Crippen LogP) is 2.23. The summed E-state index contributed by atoms with van der Waals surface area (Å²) in [7, 11) is 0. The summed E-state index contributed by atoms with van der Waals surface area (Å²) in [5, 5.41) is 3.29. The van der Waals surface area contributed by atoms with Gasteiger partial charge in [0, 0.05) is 24.3 Å². The molecule has 0 aliphatic rings. The molecule has 1 aromatic carbocycles.